The smallest absolute Gasteiger partial charge is 0.275 e. The Bertz CT molecular complexity index is 1600. The van der Waals surface area contributed by atoms with E-state index >= 15 is 8.78 Å². The maximum atomic E-state index is 15.4. The summed E-state index contributed by atoms with van der Waals surface area (Å²) in [4.78, 5) is 44.8. The van der Waals surface area contributed by atoms with Crippen molar-refractivity contribution in [3.05, 3.63) is 108 Å². The van der Waals surface area contributed by atoms with E-state index in [1.54, 1.807) is 54.6 Å². The van der Waals surface area contributed by atoms with E-state index in [1.165, 1.54) is 41.4 Å². The molecule has 202 valence electrons. The zero-order valence-electron chi connectivity index (χ0n) is 21.3. The number of fused-ring (bicyclic) bond motifs is 1. The molecule has 2 heterocycles. The zero-order chi connectivity index (χ0) is 28.3. The first kappa shape index (κ1) is 26.4. The summed E-state index contributed by atoms with van der Waals surface area (Å²) in [5.74, 6) is -5.19. The number of halogens is 2. The number of hydrogen-bond acceptors (Lipinski definition) is 5. The number of carbonyl (C=O) groups is 3. The van der Waals surface area contributed by atoms with Crippen molar-refractivity contribution in [3.8, 4) is 5.69 Å². The summed E-state index contributed by atoms with van der Waals surface area (Å²) >= 11 is 0. The molecule has 11 heteroatoms. The Hall–Kier alpha value is -5.19. The number of nitrogens with one attached hydrogen (secondary N) is 2. The summed E-state index contributed by atoms with van der Waals surface area (Å²) in [7, 11) is 1.35. The van der Waals surface area contributed by atoms with Gasteiger partial charge >= 0.3 is 0 Å². The topological polar surface area (TPSA) is 109 Å². The molecular formula is C29H24F2N6O3. The quantitative estimate of drug-likeness (QED) is 0.365. The molecule has 0 radical (unpaired) electrons. The number of alkyl halides is 2. The first-order chi connectivity index (χ1) is 19.3. The summed E-state index contributed by atoms with van der Waals surface area (Å²) in [6.45, 7) is -0.342. The Kier molecular flexibility index (Phi) is 7.19. The number of nitrogens with zero attached hydrogens (tertiary/aromatic N) is 4. The molecule has 40 heavy (non-hydrogen) atoms. The highest BCUT2D eigenvalue weighted by Gasteiger charge is 2.41. The van der Waals surface area contributed by atoms with Crippen LogP contribution in [0.4, 0.5) is 20.2 Å². The van der Waals surface area contributed by atoms with E-state index in [2.05, 4.69) is 20.7 Å². The van der Waals surface area contributed by atoms with Crippen molar-refractivity contribution < 1.29 is 23.2 Å². The molecule has 1 aliphatic heterocycles. The number of para-hydroxylation sites is 3. The van der Waals surface area contributed by atoms with Gasteiger partial charge in [0.25, 0.3) is 17.7 Å². The van der Waals surface area contributed by atoms with Gasteiger partial charge in [-0.05, 0) is 30.3 Å². The van der Waals surface area contributed by atoms with Gasteiger partial charge < -0.3 is 15.5 Å². The second kappa shape index (κ2) is 10.9. The van der Waals surface area contributed by atoms with Crippen LogP contribution in [0.1, 0.15) is 32.7 Å². The van der Waals surface area contributed by atoms with Gasteiger partial charge in [-0.3, -0.25) is 14.4 Å². The first-order valence-electron chi connectivity index (χ1n) is 12.4. The maximum Gasteiger partial charge on any atom is 0.275 e. The van der Waals surface area contributed by atoms with Crippen LogP contribution >= 0.6 is 0 Å². The van der Waals surface area contributed by atoms with E-state index < -0.39 is 35.6 Å². The predicted octanol–water partition coefficient (Wildman–Crippen LogP) is 4.33. The minimum absolute atomic E-state index is 0.0576. The molecule has 2 N–H and O–H groups in total. The molecule has 3 amide bonds. The molecule has 0 aliphatic carbocycles. The van der Waals surface area contributed by atoms with Crippen LogP contribution in [0, 0.1) is 0 Å². The molecule has 3 aromatic carbocycles. The molecule has 0 unspecified atom stereocenters. The molecule has 0 saturated heterocycles. The number of allylic oxidation sites excluding steroid dienone is 1. The van der Waals surface area contributed by atoms with Crippen LogP contribution in [0.15, 0.2) is 91.5 Å². The van der Waals surface area contributed by atoms with Gasteiger partial charge in [0.2, 0.25) is 5.91 Å². The Balaban J connectivity index is 1.62. The van der Waals surface area contributed by atoms with E-state index in [9.17, 15) is 14.4 Å². The number of benzene rings is 3. The second-order valence-electron chi connectivity index (χ2n) is 8.96. The molecule has 0 fully saturated rings. The molecule has 4 aromatic rings. The van der Waals surface area contributed by atoms with Gasteiger partial charge in [-0.1, -0.05) is 42.5 Å². The van der Waals surface area contributed by atoms with Gasteiger partial charge in [0.1, 0.15) is 12.7 Å². The normalized spacial score (nSPS) is 15.2. The van der Waals surface area contributed by atoms with Crippen LogP contribution in [-0.2, 0) is 4.79 Å². The third kappa shape index (κ3) is 5.08. The van der Waals surface area contributed by atoms with Crippen LogP contribution < -0.4 is 15.5 Å². The number of likely N-dealkylation sites (N-methyl/N-ethyl adjacent to an activating group) is 1. The minimum atomic E-state index is -3.39. The van der Waals surface area contributed by atoms with Crippen LogP contribution in [0.25, 0.3) is 11.3 Å². The van der Waals surface area contributed by atoms with E-state index in [1.807, 2.05) is 6.07 Å². The average molecular weight is 543 g/mol. The van der Waals surface area contributed by atoms with E-state index in [4.69, 9.17) is 0 Å². The molecule has 5 rings (SSSR count). The lowest BCUT2D eigenvalue weighted by Crippen LogP contribution is -2.34. The summed E-state index contributed by atoms with van der Waals surface area (Å²) in [6, 6.07) is 19.6. The Labute approximate surface area is 228 Å². The molecule has 1 aromatic heterocycles. The fourth-order valence-electron chi connectivity index (χ4n) is 4.57. The number of amides is 3. The standard InChI is InChI=1S/C29H24F2N6O3/c1-32-25(38)16-23-20-10-5-6-13-24(20)36(15-14-29(23,30)31)28(40)22-12-7-11-21(26(22)37-18-33-17-34-37)27(39)35-19-8-3-2-4-9-19/h2-13,16-18H,14-15H2,1H3,(H,32,38)(H,35,39). The van der Waals surface area contributed by atoms with Gasteiger partial charge in [0.05, 0.1) is 22.5 Å². The lowest BCUT2D eigenvalue weighted by Gasteiger charge is -2.24. The largest absolute Gasteiger partial charge is 0.356 e. The SMILES string of the molecule is CNC(=O)C=C1c2ccccc2N(C(=O)c2cccc(C(=O)Nc3ccccc3)c2-n2cncn2)CCC1(F)F. The fourth-order valence-corrected chi connectivity index (χ4v) is 4.57. The van der Waals surface area contributed by atoms with Gasteiger partial charge in [0.15, 0.2) is 0 Å². The lowest BCUT2D eigenvalue weighted by molar-refractivity contribution is -0.116. The third-order valence-electron chi connectivity index (χ3n) is 6.49. The molecule has 0 spiro atoms. The average Bonchev–Trinajstić information content (AvgIpc) is 3.47. The fraction of sp³-hybridized carbons (Fsp3) is 0.138. The monoisotopic (exact) mass is 542 g/mol. The first-order valence-corrected chi connectivity index (χ1v) is 12.4. The van der Waals surface area contributed by atoms with Crippen LogP contribution in [0.5, 0.6) is 0 Å². The van der Waals surface area contributed by atoms with Gasteiger partial charge in [-0.25, -0.2) is 18.4 Å². The molecule has 0 saturated carbocycles. The molecule has 9 nitrogen and oxygen atoms in total. The van der Waals surface area contributed by atoms with Crippen molar-refractivity contribution in [2.24, 2.45) is 0 Å². The highest BCUT2D eigenvalue weighted by molar-refractivity contribution is 6.14. The second-order valence-corrected chi connectivity index (χ2v) is 8.96. The lowest BCUT2D eigenvalue weighted by atomic mass is 9.97. The Morgan fingerprint density at radius 3 is 2.40 bits per heavy atom. The summed E-state index contributed by atoms with van der Waals surface area (Å²) in [6.07, 6.45) is 2.75. The molecule has 1 aliphatic rings. The van der Waals surface area contributed by atoms with Crippen molar-refractivity contribution in [2.75, 3.05) is 23.8 Å². The highest BCUT2D eigenvalue weighted by atomic mass is 19.3. The molecular weight excluding hydrogens is 518 g/mol. The number of anilines is 2. The van der Waals surface area contributed by atoms with E-state index in [0.29, 0.717) is 5.69 Å². The van der Waals surface area contributed by atoms with Crippen molar-refractivity contribution in [3.63, 3.8) is 0 Å². The van der Waals surface area contributed by atoms with Crippen LogP contribution in [-0.4, -0.2) is 52.0 Å². The number of rotatable bonds is 5. The summed E-state index contributed by atoms with van der Waals surface area (Å²) in [5.41, 5.74) is 0.675. The highest BCUT2D eigenvalue weighted by Crippen LogP contribution is 2.43. The number of hydrogen-bond donors (Lipinski definition) is 2. The Morgan fingerprint density at radius 1 is 0.950 bits per heavy atom. The molecule has 0 bridgehead atoms. The van der Waals surface area contributed by atoms with Gasteiger partial charge in [-0.15, -0.1) is 0 Å². The van der Waals surface area contributed by atoms with Crippen LogP contribution in [0.2, 0.25) is 0 Å². The van der Waals surface area contributed by atoms with Gasteiger partial charge in [-0.2, -0.15) is 5.10 Å². The number of aromatic nitrogens is 3. The predicted molar refractivity (Wildman–Crippen MR) is 145 cm³/mol. The molecule has 0 atom stereocenters. The van der Waals surface area contributed by atoms with Crippen LogP contribution in [0.3, 0.4) is 0 Å². The van der Waals surface area contributed by atoms with E-state index in [0.717, 1.165) is 6.08 Å². The maximum absolute atomic E-state index is 15.4. The summed E-state index contributed by atoms with van der Waals surface area (Å²) in [5, 5.41) is 9.28. The van der Waals surface area contributed by atoms with Crippen molar-refractivity contribution in [2.45, 2.75) is 12.3 Å². The number of carbonyl (C=O) groups excluding carboxylic acids is 3. The van der Waals surface area contributed by atoms with Crippen molar-refractivity contribution >= 4 is 34.7 Å². The van der Waals surface area contributed by atoms with Gasteiger partial charge in [0, 0.05) is 42.9 Å². The summed E-state index contributed by atoms with van der Waals surface area (Å²) < 4.78 is 32.0. The third-order valence-corrected chi connectivity index (χ3v) is 6.49. The van der Waals surface area contributed by atoms with E-state index in [-0.39, 0.29) is 34.6 Å². The van der Waals surface area contributed by atoms with Crippen molar-refractivity contribution in [1.82, 2.24) is 20.1 Å². The van der Waals surface area contributed by atoms with Crippen molar-refractivity contribution in [1.29, 1.82) is 0 Å². The zero-order valence-corrected chi connectivity index (χ0v) is 21.3. The Morgan fingerprint density at radius 2 is 1.68 bits per heavy atom. The minimum Gasteiger partial charge on any atom is -0.356 e.